The lowest BCUT2D eigenvalue weighted by Crippen LogP contribution is -2.46. The second kappa shape index (κ2) is 9.16. The molecule has 0 radical (unpaired) electrons. The highest BCUT2D eigenvalue weighted by Gasteiger charge is 2.51. The van der Waals surface area contributed by atoms with Gasteiger partial charge in [-0.1, -0.05) is 0 Å². The minimum atomic E-state index is -0.890. The van der Waals surface area contributed by atoms with E-state index in [0.29, 0.717) is 25.7 Å². The molecule has 0 aliphatic heterocycles. The number of carbonyl (C=O) groups excluding carboxylic acids is 1. The number of benzene rings is 1. The molecule has 4 atom stereocenters. The lowest BCUT2D eigenvalue weighted by molar-refractivity contribution is -0.150. The average Bonchev–Trinajstić information content (AvgIpc) is 3.42. The number of hydrogen-bond acceptors (Lipinski definition) is 6. The summed E-state index contributed by atoms with van der Waals surface area (Å²) in [5.41, 5.74) is -0.401. The van der Waals surface area contributed by atoms with Crippen molar-refractivity contribution in [1.82, 2.24) is 5.32 Å². The molecule has 0 aromatic heterocycles. The van der Waals surface area contributed by atoms with Crippen molar-refractivity contribution in [2.75, 3.05) is 7.11 Å². The number of carboxylic acid groups (broad SMARTS) is 2. The molecule has 4 rings (SSSR count). The van der Waals surface area contributed by atoms with Crippen molar-refractivity contribution in [1.29, 1.82) is 5.26 Å². The fourth-order valence-corrected chi connectivity index (χ4v) is 5.91. The molecule has 34 heavy (non-hydrogen) atoms. The summed E-state index contributed by atoms with van der Waals surface area (Å²) < 4.78 is 11.4. The highest BCUT2D eigenvalue weighted by atomic mass is 16.5. The minimum absolute atomic E-state index is 0.0809. The molecule has 3 fully saturated rings. The van der Waals surface area contributed by atoms with Gasteiger partial charge in [-0.2, -0.15) is 5.26 Å². The number of fused-ring (bicyclic) bond motifs is 2. The Balaban J connectivity index is 1.54. The lowest BCUT2D eigenvalue weighted by Gasteiger charge is -2.34. The van der Waals surface area contributed by atoms with Crippen LogP contribution in [0.5, 0.6) is 11.5 Å². The first-order chi connectivity index (χ1) is 16.2. The standard InChI is InChI=1S/C25H30N2O7/c1-25(24(31)32)7-5-16(6-8-25)34-18-11-17(19(33-2)10-15(18)12-26)22(28)27-21-14-4-3-13(9-14)20(21)23(29)30/h10-11,13-14,16,20-21H,3-9H2,1-2H3,(H,27,28)(H,29,30)(H,31,32)/t13-,14+,16?,20+,21-,25?/m1/s1. The highest BCUT2D eigenvalue weighted by molar-refractivity contribution is 5.98. The summed E-state index contributed by atoms with van der Waals surface area (Å²) in [6.45, 7) is 1.72. The number of carboxylic acids is 2. The Hall–Kier alpha value is -3.28. The summed E-state index contributed by atoms with van der Waals surface area (Å²) in [6, 6.07) is 4.55. The highest BCUT2D eigenvalue weighted by Crippen LogP contribution is 2.49. The predicted molar refractivity (Wildman–Crippen MR) is 120 cm³/mol. The van der Waals surface area contributed by atoms with E-state index in [1.807, 2.05) is 0 Å². The summed E-state index contributed by atoms with van der Waals surface area (Å²) in [5, 5.41) is 31.7. The molecule has 0 unspecified atom stereocenters. The zero-order valence-corrected chi connectivity index (χ0v) is 19.4. The molecular formula is C25H30N2O7. The number of hydrogen-bond donors (Lipinski definition) is 3. The van der Waals surface area contributed by atoms with Crippen molar-refractivity contribution in [3.8, 4) is 17.6 Å². The van der Waals surface area contributed by atoms with Crippen LogP contribution in [0.1, 0.15) is 67.8 Å². The van der Waals surface area contributed by atoms with E-state index >= 15 is 0 Å². The van der Waals surface area contributed by atoms with E-state index < -0.39 is 35.2 Å². The molecule has 0 saturated heterocycles. The monoisotopic (exact) mass is 470 g/mol. The van der Waals surface area contributed by atoms with Crippen molar-refractivity contribution >= 4 is 17.8 Å². The zero-order chi connectivity index (χ0) is 24.6. The van der Waals surface area contributed by atoms with Crippen molar-refractivity contribution in [2.24, 2.45) is 23.2 Å². The van der Waals surface area contributed by atoms with Crippen molar-refractivity contribution in [3.05, 3.63) is 23.3 Å². The molecule has 3 saturated carbocycles. The molecule has 1 aromatic rings. The van der Waals surface area contributed by atoms with Crippen LogP contribution in [0.3, 0.4) is 0 Å². The second-order valence-corrected chi connectivity index (χ2v) is 10.0. The number of nitrogens with one attached hydrogen (secondary N) is 1. The molecule has 3 N–H and O–H groups in total. The van der Waals surface area contributed by atoms with E-state index in [1.165, 1.54) is 19.2 Å². The van der Waals surface area contributed by atoms with E-state index in [1.54, 1.807) is 6.92 Å². The summed E-state index contributed by atoms with van der Waals surface area (Å²) in [5.74, 6) is -2.12. The zero-order valence-electron chi connectivity index (χ0n) is 19.4. The molecule has 1 amide bonds. The summed E-state index contributed by atoms with van der Waals surface area (Å²) in [4.78, 5) is 36.6. The maximum Gasteiger partial charge on any atom is 0.309 e. The quantitative estimate of drug-likeness (QED) is 0.551. The van der Waals surface area contributed by atoms with E-state index in [4.69, 9.17) is 9.47 Å². The molecular weight excluding hydrogens is 440 g/mol. The predicted octanol–water partition coefficient (Wildman–Crippen LogP) is 3.21. The van der Waals surface area contributed by atoms with E-state index in [9.17, 15) is 29.9 Å². The van der Waals surface area contributed by atoms with Crippen molar-refractivity contribution < 1.29 is 34.1 Å². The van der Waals surface area contributed by atoms with Gasteiger partial charge in [0.05, 0.1) is 35.7 Å². The number of amides is 1. The van der Waals surface area contributed by atoms with Gasteiger partial charge in [-0.05, 0) is 69.8 Å². The Labute approximate surface area is 198 Å². The van der Waals surface area contributed by atoms with Crippen LogP contribution in [0.4, 0.5) is 0 Å². The molecule has 2 bridgehead atoms. The van der Waals surface area contributed by atoms with Crippen LogP contribution >= 0.6 is 0 Å². The van der Waals surface area contributed by atoms with Crippen LogP contribution in [-0.2, 0) is 9.59 Å². The van der Waals surface area contributed by atoms with Gasteiger partial charge in [0.2, 0.25) is 0 Å². The normalized spacial score (nSPS) is 32.0. The Bertz CT molecular complexity index is 1040. The number of carbonyl (C=O) groups is 3. The molecule has 3 aliphatic carbocycles. The maximum absolute atomic E-state index is 13.2. The first-order valence-electron chi connectivity index (χ1n) is 11.7. The van der Waals surface area contributed by atoms with Gasteiger partial charge in [-0.3, -0.25) is 14.4 Å². The van der Waals surface area contributed by atoms with E-state index in [0.717, 1.165) is 19.3 Å². The molecule has 182 valence electrons. The third-order valence-corrected chi connectivity index (χ3v) is 8.01. The number of aliphatic carboxylic acids is 2. The van der Waals surface area contributed by atoms with Gasteiger partial charge >= 0.3 is 11.9 Å². The third kappa shape index (κ3) is 4.29. The summed E-state index contributed by atoms with van der Waals surface area (Å²) in [7, 11) is 1.40. The van der Waals surface area contributed by atoms with Gasteiger partial charge in [-0.15, -0.1) is 0 Å². The van der Waals surface area contributed by atoms with Crippen LogP contribution in [0.2, 0.25) is 0 Å². The first-order valence-corrected chi connectivity index (χ1v) is 11.7. The van der Waals surface area contributed by atoms with Crippen LogP contribution in [0.15, 0.2) is 12.1 Å². The smallest absolute Gasteiger partial charge is 0.309 e. The largest absolute Gasteiger partial charge is 0.496 e. The first kappa shape index (κ1) is 23.9. The maximum atomic E-state index is 13.2. The van der Waals surface area contributed by atoms with Gasteiger partial charge in [0.25, 0.3) is 5.91 Å². The Morgan fingerprint density at radius 3 is 2.35 bits per heavy atom. The molecule has 3 aliphatic rings. The van der Waals surface area contributed by atoms with Gasteiger partial charge in [0.1, 0.15) is 17.6 Å². The van der Waals surface area contributed by atoms with Crippen LogP contribution in [-0.4, -0.2) is 47.3 Å². The van der Waals surface area contributed by atoms with Gasteiger partial charge in [0.15, 0.2) is 0 Å². The Morgan fingerprint density at radius 2 is 1.76 bits per heavy atom. The van der Waals surface area contributed by atoms with Crippen LogP contribution in [0.25, 0.3) is 0 Å². The number of rotatable bonds is 7. The fourth-order valence-electron chi connectivity index (χ4n) is 5.91. The summed E-state index contributed by atoms with van der Waals surface area (Å²) in [6.07, 6.45) is 4.25. The number of ether oxygens (including phenoxy) is 2. The van der Waals surface area contributed by atoms with Crippen molar-refractivity contribution in [3.63, 3.8) is 0 Å². The molecule has 0 heterocycles. The van der Waals surface area contributed by atoms with E-state index in [2.05, 4.69) is 11.4 Å². The fraction of sp³-hybridized carbons (Fsp3) is 0.600. The topological polar surface area (TPSA) is 146 Å². The Morgan fingerprint density at radius 1 is 1.09 bits per heavy atom. The average molecular weight is 471 g/mol. The minimum Gasteiger partial charge on any atom is -0.496 e. The second-order valence-electron chi connectivity index (χ2n) is 10.0. The summed E-state index contributed by atoms with van der Waals surface area (Å²) >= 11 is 0. The Kier molecular flexibility index (Phi) is 6.43. The van der Waals surface area contributed by atoms with Gasteiger partial charge < -0.3 is 25.0 Å². The molecule has 9 heteroatoms. The third-order valence-electron chi connectivity index (χ3n) is 8.01. The number of nitriles is 1. The van der Waals surface area contributed by atoms with Crippen LogP contribution < -0.4 is 14.8 Å². The molecule has 9 nitrogen and oxygen atoms in total. The number of methoxy groups -OCH3 is 1. The van der Waals surface area contributed by atoms with Crippen molar-refractivity contribution in [2.45, 2.75) is 64.0 Å². The molecule has 0 spiro atoms. The number of nitrogens with zero attached hydrogens (tertiary/aromatic N) is 1. The van der Waals surface area contributed by atoms with Gasteiger partial charge in [-0.25, -0.2) is 0 Å². The molecule has 1 aromatic carbocycles. The van der Waals surface area contributed by atoms with E-state index in [-0.39, 0.29) is 40.6 Å². The van der Waals surface area contributed by atoms with Gasteiger partial charge in [0, 0.05) is 12.1 Å². The van der Waals surface area contributed by atoms with Crippen LogP contribution in [0, 0.1) is 34.5 Å². The lowest BCUT2D eigenvalue weighted by atomic mass is 9.75. The SMILES string of the molecule is COc1cc(C#N)c(OC2CCC(C)(C(=O)O)CC2)cc1C(=O)N[C@@H]1[C@H]2CC[C@H](C2)[C@@H]1C(=O)O.